The lowest BCUT2D eigenvalue weighted by Gasteiger charge is -2.13. The maximum Gasteiger partial charge on any atom is 0.254 e. The van der Waals surface area contributed by atoms with Crippen molar-refractivity contribution in [2.75, 3.05) is 11.9 Å². The van der Waals surface area contributed by atoms with Crippen LogP contribution in [0.25, 0.3) is 11.3 Å². The third kappa shape index (κ3) is 5.11. The largest absolute Gasteiger partial charge is 0.369 e. The van der Waals surface area contributed by atoms with Crippen LogP contribution in [-0.4, -0.2) is 23.6 Å². The Labute approximate surface area is 146 Å². The Bertz CT molecular complexity index is 683. The second kappa shape index (κ2) is 8.35. The van der Waals surface area contributed by atoms with Crippen LogP contribution in [0, 0.1) is 18.7 Å². The van der Waals surface area contributed by atoms with Crippen LogP contribution in [0.4, 0.5) is 9.52 Å². The number of hydrogen-bond donors (Lipinski definition) is 1. The third-order valence-electron chi connectivity index (χ3n) is 3.58. The minimum absolute atomic E-state index is 0.210. The Kier molecular flexibility index (Phi) is 6.45. The van der Waals surface area contributed by atoms with Crippen molar-refractivity contribution in [3.63, 3.8) is 0 Å². The van der Waals surface area contributed by atoms with E-state index < -0.39 is 6.10 Å². The summed E-state index contributed by atoms with van der Waals surface area (Å²) in [5.74, 6) is 0.0471. The number of nitrogens with one attached hydrogen (secondary N) is 1. The Hall–Kier alpha value is -1.79. The van der Waals surface area contributed by atoms with Crippen LogP contribution < -0.4 is 5.32 Å². The molecule has 2 rings (SSSR count). The molecule has 1 heterocycles. The number of thiazole rings is 1. The second-order valence-corrected chi connectivity index (χ2v) is 7.32. The highest BCUT2D eigenvalue weighted by Crippen LogP contribution is 2.30. The van der Waals surface area contributed by atoms with Crippen molar-refractivity contribution in [1.82, 2.24) is 4.98 Å². The van der Waals surface area contributed by atoms with Crippen LogP contribution in [0.5, 0.6) is 0 Å². The van der Waals surface area contributed by atoms with E-state index in [0.717, 1.165) is 22.6 Å². The van der Waals surface area contributed by atoms with Gasteiger partial charge in [-0.15, -0.1) is 11.3 Å². The quantitative estimate of drug-likeness (QED) is 0.791. The van der Waals surface area contributed by atoms with Crippen molar-refractivity contribution < 1.29 is 13.9 Å². The first-order chi connectivity index (χ1) is 11.4. The first-order valence-corrected chi connectivity index (χ1v) is 8.84. The Morgan fingerprint density at radius 1 is 1.29 bits per heavy atom. The molecule has 24 heavy (non-hydrogen) atoms. The maximum absolute atomic E-state index is 13.0. The van der Waals surface area contributed by atoms with E-state index in [1.54, 1.807) is 19.1 Å². The van der Waals surface area contributed by atoms with Gasteiger partial charge in [-0.1, -0.05) is 13.8 Å². The van der Waals surface area contributed by atoms with Gasteiger partial charge in [-0.25, -0.2) is 9.37 Å². The molecule has 0 aliphatic rings. The minimum atomic E-state index is -0.526. The summed E-state index contributed by atoms with van der Waals surface area (Å²) in [6.07, 6.45) is 0.394. The van der Waals surface area contributed by atoms with Gasteiger partial charge in [0.25, 0.3) is 5.91 Å². The fourth-order valence-electron chi connectivity index (χ4n) is 2.09. The maximum atomic E-state index is 13.0. The van der Waals surface area contributed by atoms with Crippen molar-refractivity contribution in [2.45, 2.75) is 40.2 Å². The molecular weight excluding hydrogens is 327 g/mol. The van der Waals surface area contributed by atoms with Crippen LogP contribution in [-0.2, 0) is 9.53 Å². The number of benzene rings is 1. The molecular formula is C18H23FN2O2S. The molecule has 130 valence electrons. The van der Waals surface area contributed by atoms with Crippen LogP contribution >= 0.6 is 11.3 Å². The number of carbonyl (C=O) groups is 1. The van der Waals surface area contributed by atoms with Crippen LogP contribution in [0.2, 0.25) is 0 Å². The molecule has 4 nitrogen and oxygen atoms in total. The van der Waals surface area contributed by atoms with E-state index >= 15 is 0 Å². The van der Waals surface area contributed by atoms with Crippen molar-refractivity contribution in [1.29, 1.82) is 0 Å². The van der Waals surface area contributed by atoms with Crippen molar-refractivity contribution in [2.24, 2.45) is 5.92 Å². The van der Waals surface area contributed by atoms with E-state index in [-0.39, 0.29) is 11.7 Å². The van der Waals surface area contributed by atoms with Crippen LogP contribution in [0.15, 0.2) is 24.3 Å². The van der Waals surface area contributed by atoms with Crippen molar-refractivity contribution >= 4 is 22.4 Å². The molecule has 2 aromatic rings. The predicted molar refractivity (Wildman–Crippen MR) is 95.7 cm³/mol. The molecule has 0 bridgehead atoms. The molecule has 0 fully saturated rings. The number of anilines is 1. The molecule has 1 aromatic heterocycles. The van der Waals surface area contributed by atoms with E-state index in [1.807, 2.05) is 6.92 Å². The summed E-state index contributed by atoms with van der Waals surface area (Å²) in [5.41, 5.74) is 1.58. The fourth-order valence-corrected chi connectivity index (χ4v) is 2.93. The van der Waals surface area contributed by atoms with Crippen molar-refractivity contribution in [3.8, 4) is 11.3 Å². The molecule has 0 radical (unpaired) electrons. The predicted octanol–water partition coefficient (Wildman–Crippen LogP) is 4.65. The van der Waals surface area contributed by atoms with Crippen molar-refractivity contribution in [3.05, 3.63) is 35.0 Å². The topological polar surface area (TPSA) is 51.2 Å². The molecule has 1 atom stereocenters. The summed E-state index contributed by atoms with van der Waals surface area (Å²) >= 11 is 1.40. The molecule has 0 saturated heterocycles. The molecule has 0 spiro atoms. The number of halogens is 1. The van der Waals surface area contributed by atoms with Gasteiger partial charge in [-0.3, -0.25) is 10.1 Å². The highest BCUT2D eigenvalue weighted by atomic mass is 32.1. The smallest absolute Gasteiger partial charge is 0.254 e. The number of aromatic nitrogens is 1. The third-order valence-corrected chi connectivity index (χ3v) is 4.46. The number of aryl methyl sites for hydroxylation is 1. The number of hydrogen-bond acceptors (Lipinski definition) is 4. The van der Waals surface area contributed by atoms with Crippen LogP contribution in [0.1, 0.15) is 32.1 Å². The number of rotatable bonds is 7. The normalized spacial score (nSPS) is 12.4. The van der Waals surface area contributed by atoms with Gasteiger partial charge in [0.15, 0.2) is 5.13 Å². The molecule has 1 aromatic carbocycles. The second-order valence-electron chi connectivity index (χ2n) is 6.12. The zero-order valence-electron chi connectivity index (χ0n) is 14.4. The molecule has 1 amide bonds. The molecule has 0 aliphatic heterocycles. The fraction of sp³-hybridized carbons (Fsp3) is 0.444. The van der Waals surface area contributed by atoms with Gasteiger partial charge >= 0.3 is 0 Å². The first kappa shape index (κ1) is 18.5. The minimum Gasteiger partial charge on any atom is -0.369 e. The zero-order valence-corrected chi connectivity index (χ0v) is 15.2. The standard InChI is InChI=1S/C18H23FN2O2S/c1-11(2)9-10-23-12(3)17(22)21-18-20-16(13(4)24-18)14-5-7-15(19)8-6-14/h5-8,11-12H,9-10H2,1-4H3,(H,20,21,22). The first-order valence-electron chi connectivity index (χ1n) is 8.02. The van der Waals surface area contributed by atoms with Gasteiger partial charge in [0.1, 0.15) is 11.9 Å². The SMILES string of the molecule is Cc1sc(NC(=O)C(C)OCCC(C)C)nc1-c1ccc(F)cc1. The summed E-state index contributed by atoms with van der Waals surface area (Å²) in [6, 6.07) is 6.16. The lowest BCUT2D eigenvalue weighted by atomic mass is 10.1. The average Bonchev–Trinajstić information content (AvgIpc) is 2.88. The van der Waals surface area contributed by atoms with Gasteiger partial charge < -0.3 is 4.74 Å². The lowest BCUT2D eigenvalue weighted by molar-refractivity contribution is -0.126. The summed E-state index contributed by atoms with van der Waals surface area (Å²) in [6.45, 7) is 8.45. The summed E-state index contributed by atoms with van der Waals surface area (Å²) < 4.78 is 18.6. The summed E-state index contributed by atoms with van der Waals surface area (Å²) in [4.78, 5) is 17.6. The number of nitrogens with zero attached hydrogens (tertiary/aromatic N) is 1. The lowest BCUT2D eigenvalue weighted by Crippen LogP contribution is -2.28. The molecule has 0 saturated carbocycles. The van der Waals surface area contributed by atoms with E-state index in [2.05, 4.69) is 24.1 Å². The number of amides is 1. The van der Waals surface area contributed by atoms with Gasteiger partial charge in [0, 0.05) is 17.0 Å². The number of ether oxygens (including phenoxy) is 1. The monoisotopic (exact) mass is 350 g/mol. The van der Waals surface area contributed by atoms with E-state index in [4.69, 9.17) is 4.74 Å². The molecule has 6 heteroatoms. The van der Waals surface area contributed by atoms with Gasteiger partial charge in [-0.05, 0) is 50.5 Å². The van der Waals surface area contributed by atoms with E-state index in [9.17, 15) is 9.18 Å². The summed E-state index contributed by atoms with van der Waals surface area (Å²) in [5, 5.41) is 3.32. The van der Waals surface area contributed by atoms with E-state index in [1.165, 1.54) is 23.5 Å². The highest BCUT2D eigenvalue weighted by Gasteiger charge is 2.17. The van der Waals surface area contributed by atoms with Gasteiger partial charge in [0.2, 0.25) is 0 Å². The highest BCUT2D eigenvalue weighted by molar-refractivity contribution is 7.16. The van der Waals surface area contributed by atoms with Gasteiger partial charge in [-0.2, -0.15) is 0 Å². The zero-order chi connectivity index (χ0) is 17.7. The summed E-state index contributed by atoms with van der Waals surface area (Å²) in [7, 11) is 0. The van der Waals surface area contributed by atoms with E-state index in [0.29, 0.717) is 17.7 Å². The van der Waals surface area contributed by atoms with Crippen LogP contribution in [0.3, 0.4) is 0 Å². The number of carbonyl (C=O) groups excluding carboxylic acids is 1. The molecule has 0 aliphatic carbocycles. The Balaban J connectivity index is 1.99. The Morgan fingerprint density at radius 3 is 2.58 bits per heavy atom. The Morgan fingerprint density at radius 2 is 1.96 bits per heavy atom. The molecule has 1 N–H and O–H groups in total. The average molecular weight is 350 g/mol. The van der Waals surface area contributed by atoms with Gasteiger partial charge in [0.05, 0.1) is 5.69 Å². The molecule has 1 unspecified atom stereocenters.